The van der Waals surface area contributed by atoms with Crippen molar-refractivity contribution in [3.63, 3.8) is 0 Å². The summed E-state index contributed by atoms with van der Waals surface area (Å²) >= 11 is 0. The molecule has 7 heteroatoms. The number of aryl methyl sites for hydroxylation is 1. The molecule has 2 aromatic heterocycles. The normalized spacial score (nSPS) is 10.3. The lowest BCUT2D eigenvalue weighted by Gasteiger charge is -2.08. The summed E-state index contributed by atoms with van der Waals surface area (Å²) in [6, 6.07) is 10.6. The Bertz CT molecular complexity index is 813. The molecule has 0 atom stereocenters. The number of benzene rings is 1. The van der Waals surface area contributed by atoms with Gasteiger partial charge in [0, 0.05) is 31.1 Å². The van der Waals surface area contributed by atoms with E-state index in [1.807, 2.05) is 6.07 Å². The SMILES string of the molecule is CC(=O)Nc1ccc(Oc2cc(-n3cccn3)nc(C)n2)cc1. The zero-order chi connectivity index (χ0) is 16.2. The topological polar surface area (TPSA) is 81.9 Å². The monoisotopic (exact) mass is 309 g/mol. The first-order valence-electron chi connectivity index (χ1n) is 7.01. The summed E-state index contributed by atoms with van der Waals surface area (Å²) in [6.45, 7) is 3.25. The van der Waals surface area contributed by atoms with E-state index in [0.29, 0.717) is 29.0 Å². The number of aromatic nitrogens is 4. The van der Waals surface area contributed by atoms with Gasteiger partial charge in [-0.25, -0.2) is 9.67 Å². The van der Waals surface area contributed by atoms with Gasteiger partial charge in [-0.3, -0.25) is 4.79 Å². The molecule has 0 spiro atoms. The van der Waals surface area contributed by atoms with Crippen LogP contribution in [0, 0.1) is 6.92 Å². The summed E-state index contributed by atoms with van der Waals surface area (Å²) in [5.74, 6) is 2.14. The van der Waals surface area contributed by atoms with Crippen LogP contribution in [0.5, 0.6) is 11.6 Å². The number of nitrogens with zero attached hydrogens (tertiary/aromatic N) is 4. The summed E-state index contributed by atoms with van der Waals surface area (Å²) < 4.78 is 7.39. The van der Waals surface area contributed by atoms with E-state index < -0.39 is 0 Å². The van der Waals surface area contributed by atoms with Gasteiger partial charge in [0.2, 0.25) is 11.8 Å². The second-order valence-electron chi connectivity index (χ2n) is 4.87. The maximum absolute atomic E-state index is 11.0. The van der Waals surface area contributed by atoms with E-state index in [1.165, 1.54) is 6.92 Å². The van der Waals surface area contributed by atoms with Crippen molar-refractivity contribution in [1.82, 2.24) is 19.7 Å². The number of ether oxygens (including phenoxy) is 1. The zero-order valence-corrected chi connectivity index (χ0v) is 12.7. The maximum Gasteiger partial charge on any atom is 0.224 e. The van der Waals surface area contributed by atoms with Crippen molar-refractivity contribution in [3.05, 3.63) is 54.6 Å². The van der Waals surface area contributed by atoms with Gasteiger partial charge in [0.15, 0.2) is 5.82 Å². The summed E-state index contributed by atoms with van der Waals surface area (Å²) in [4.78, 5) is 19.6. The van der Waals surface area contributed by atoms with Crippen LogP contribution < -0.4 is 10.1 Å². The number of carbonyl (C=O) groups is 1. The maximum atomic E-state index is 11.0. The van der Waals surface area contributed by atoms with E-state index >= 15 is 0 Å². The molecule has 2 heterocycles. The molecule has 0 fully saturated rings. The van der Waals surface area contributed by atoms with Crippen molar-refractivity contribution in [1.29, 1.82) is 0 Å². The Balaban J connectivity index is 1.81. The van der Waals surface area contributed by atoms with Crippen LogP contribution in [0.4, 0.5) is 5.69 Å². The standard InChI is InChI=1S/C16H15N5O2/c1-11-18-15(21-9-3-8-17-21)10-16(19-11)23-14-6-4-13(5-7-14)20-12(2)22/h3-10H,1-2H3,(H,20,22). The number of hydrogen-bond donors (Lipinski definition) is 1. The zero-order valence-electron chi connectivity index (χ0n) is 12.7. The lowest BCUT2D eigenvalue weighted by molar-refractivity contribution is -0.114. The fourth-order valence-electron chi connectivity index (χ4n) is 2.03. The average molecular weight is 309 g/mol. The number of rotatable bonds is 4. The summed E-state index contributed by atoms with van der Waals surface area (Å²) in [5.41, 5.74) is 0.709. The van der Waals surface area contributed by atoms with Gasteiger partial charge in [0.1, 0.15) is 11.6 Å². The molecular weight excluding hydrogens is 294 g/mol. The highest BCUT2D eigenvalue weighted by molar-refractivity contribution is 5.88. The third-order valence-electron chi connectivity index (χ3n) is 2.94. The Hall–Kier alpha value is -3.22. The van der Waals surface area contributed by atoms with Gasteiger partial charge < -0.3 is 10.1 Å². The molecule has 0 unspecified atom stereocenters. The van der Waals surface area contributed by atoms with Crippen molar-refractivity contribution in [3.8, 4) is 17.4 Å². The highest BCUT2D eigenvalue weighted by Crippen LogP contribution is 2.22. The first-order chi connectivity index (χ1) is 11.1. The summed E-state index contributed by atoms with van der Waals surface area (Å²) in [5, 5.41) is 6.85. The van der Waals surface area contributed by atoms with Crippen molar-refractivity contribution in [2.24, 2.45) is 0 Å². The van der Waals surface area contributed by atoms with Crippen LogP contribution in [0.2, 0.25) is 0 Å². The van der Waals surface area contributed by atoms with Gasteiger partial charge in [-0.1, -0.05) is 0 Å². The van der Waals surface area contributed by atoms with Gasteiger partial charge in [-0.15, -0.1) is 0 Å². The number of carbonyl (C=O) groups excluding carboxylic acids is 1. The van der Waals surface area contributed by atoms with Gasteiger partial charge in [0.25, 0.3) is 0 Å². The highest BCUT2D eigenvalue weighted by atomic mass is 16.5. The molecule has 3 rings (SSSR count). The summed E-state index contributed by atoms with van der Waals surface area (Å²) in [7, 11) is 0. The Labute approximate surface area is 133 Å². The van der Waals surface area contributed by atoms with Gasteiger partial charge in [0.05, 0.1) is 0 Å². The van der Waals surface area contributed by atoms with Crippen LogP contribution in [0.3, 0.4) is 0 Å². The average Bonchev–Trinajstić information content (AvgIpc) is 3.02. The minimum Gasteiger partial charge on any atom is -0.439 e. The highest BCUT2D eigenvalue weighted by Gasteiger charge is 2.06. The van der Waals surface area contributed by atoms with E-state index in [2.05, 4.69) is 20.4 Å². The number of hydrogen-bond acceptors (Lipinski definition) is 5. The Morgan fingerprint density at radius 2 is 2.00 bits per heavy atom. The second-order valence-corrected chi connectivity index (χ2v) is 4.87. The smallest absolute Gasteiger partial charge is 0.224 e. The number of amides is 1. The van der Waals surface area contributed by atoms with Gasteiger partial charge >= 0.3 is 0 Å². The molecule has 7 nitrogen and oxygen atoms in total. The lowest BCUT2D eigenvalue weighted by Crippen LogP contribution is -2.05. The lowest BCUT2D eigenvalue weighted by atomic mass is 10.3. The largest absolute Gasteiger partial charge is 0.439 e. The minimum absolute atomic E-state index is 0.117. The van der Waals surface area contributed by atoms with Crippen molar-refractivity contribution >= 4 is 11.6 Å². The van der Waals surface area contributed by atoms with E-state index in [1.54, 1.807) is 54.3 Å². The third kappa shape index (κ3) is 3.70. The van der Waals surface area contributed by atoms with Crippen LogP contribution in [0.25, 0.3) is 5.82 Å². The molecule has 0 aliphatic carbocycles. The Morgan fingerprint density at radius 3 is 2.65 bits per heavy atom. The molecule has 1 N–H and O–H groups in total. The molecular formula is C16H15N5O2. The van der Waals surface area contributed by atoms with Gasteiger partial charge in [-0.2, -0.15) is 10.1 Å². The van der Waals surface area contributed by atoms with Crippen molar-refractivity contribution in [2.75, 3.05) is 5.32 Å². The van der Waals surface area contributed by atoms with Crippen LogP contribution in [-0.4, -0.2) is 25.7 Å². The molecule has 23 heavy (non-hydrogen) atoms. The predicted molar refractivity (Wildman–Crippen MR) is 84.7 cm³/mol. The first-order valence-corrected chi connectivity index (χ1v) is 7.01. The Kier molecular flexibility index (Phi) is 4.01. The third-order valence-corrected chi connectivity index (χ3v) is 2.94. The molecule has 1 amide bonds. The van der Waals surface area contributed by atoms with E-state index in [0.717, 1.165) is 0 Å². The van der Waals surface area contributed by atoms with Crippen LogP contribution in [0.15, 0.2) is 48.8 Å². The van der Waals surface area contributed by atoms with Crippen LogP contribution in [-0.2, 0) is 4.79 Å². The fraction of sp³-hybridized carbons (Fsp3) is 0.125. The van der Waals surface area contributed by atoms with E-state index in [-0.39, 0.29) is 5.91 Å². The van der Waals surface area contributed by atoms with Crippen LogP contribution >= 0.6 is 0 Å². The molecule has 0 saturated heterocycles. The Morgan fingerprint density at radius 1 is 1.22 bits per heavy atom. The minimum atomic E-state index is -0.117. The second kappa shape index (κ2) is 6.27. The number of nitrogens with one attached hydrogen (secondary N) is 1. The molecule has 0 saturated carbocycles. The predicted octanol–water partition coefficient (Wildman–Crippen LogP) is 2.72. The van der Waals surface area contributed by atoms with Crippen LogP contribution in [0.1, 0.15) is 12.7 Å². The van der Waals surface area contributed by atoms with E-state index in [4.69, 9.17) is 4.74 Å². The fourth-order valence-corrected chi connectivity index (χ4v) is 2.03. The molecule has 0 radical (unpaired) electrons. The molecule has 0 bridgehead atoms. The molecule has 0 aliphatic heterocycles. The molecule has 116 valence electrons. The summed E-state index contributed by atoms with van der Waals surface area (Å²) in [6.07, 6.45) is 3.48. The molecule has 0 aliphatic rings. The van der Waals surface area contributed by atoms with E-state index in [9.17, 15) is 4.79 Å². The first kappa shape index (κ1) is 14.7. The number of anilines is 1. The van der Waals surface area contributed by atoms with Gasteiger partial charge in [-0.05, 0) is 37.3 Å². The molecule has 3 aromatic rings. The van der Waals surface area contributed by atoms with Crippen molar-refractivity contribution < 1.29 is 9.53 Å². The quantitative estimate of drug-likeness (QED) is 0.801. The molecule has 1 aromatic carbocycles. The van der Waals surface area contributed by atoms with Crippen molar-refractivity contribution in [2.45, 2.75) is 13.8 Å².